The lowest BCUT2D eigenvalue weighted by atomic mass is 9.88. The van der Waals surface area contributed by atoms with E-state index in [-0.39, 0.29) is 11.8 Å². The van der Waals surface area contributed by atoms with Gasteiger partial charge in [0.25, 0.3) is 0 Å². The number of nitrogens with one attached hydrogen (secondary N) is 2. The maximum Gasteiger partial charge on any atom is 0.224 e. The van der Waals surface area contributed by atoms with E-state index in [1.807, 2.05) is 18.5 Å². The van der Waals surface area contributed by atoms with Crippen molar-refractivity contribution >= 4 is 11.4 Å². The lowest BCUT2D eigenvalue weighted by Crippen LogP contribution is -2.51. The van der Waals surface area contributed by atoms with Crippen LogP contribution in [0.4, 0.5) is 0 Å². The van der Waals surface area contributed by atoms with Crippen LogP contribution in [0.2, 0.25) is 0 Å². The summed E-state index contributed by atoms with van der Waals surface area (Å²) < 4.78 is 7.73. The minimum absolute atomic E-state index is 0.175. The molecule has 2 aromatic rings. The van der Waals surface area contributed by atoms with Crippen LogP contribution in [0.5, 0.6) is 0 Å². The van der Waals surface area contributed by atoms with Gasteiger partial charge in [-0.05, 0) is 43.5 Å². The van der Waals surface area contributed by atoms with Gasteiger partial charge in [0, 0.05) is 38.2 Å². The number of hydrogen-bond donors (Lipinski definition) is 2. The Kier molecular flexibility index (Phi) is 3.40. The van der Waals surface area contributed by atoms with Crippen LogP contribution >= 0.6 is 0 Å². The molecule has 2 aromatic heterocycles. The fourth-order valence-corrected chi connectivity index (χ4v) is 4.77. The molecule has 3 atom stereocenters. The summed E-state index contributed by atoms with van der Waals surface area (Å²) >= 11 is 0. The maximum atomic E-state index is 13.0. The number of rotatable bonds is 3. The number of carbonyl (C=O) groups excluding carboxylic acids is 1. The first-order valence-electron chi connectivity index (χ1n) is 9.23. The molecule has 0 spiro atoms. The maximum absolute atomic E-state index is 13.0. The van der Waals surface area contributed by atoms with Crippen molar-refractivity contribution < 1.29 is 9.53 Å². The van der Waals surface area contributed by atoms with Crippen molar-refractivity contribution in [2.24, 2.45) is 17.8 Å². The summed E-state index contributed by atoms with van der Waals surface area (Å²) in [4.78, 5) is 17.7. The first-order chi connectivity index (χ1) is 12.2. The molecule has 3 aliphatic rings. The van der Waals surface area contributed by atoms with E-state index >= 15 is 0 Å². The number of pyridine rings is 1. The first-order valence-corrected chi connectivity index (χ1v) is 9.23. The number of aromatic nitrogens is 2. The van der Waals surface area contributed by atoms with Crippen LogP contribution in [0.25, 0.3) is 5.52 Å². The molecule has 0 bridgehead atoms. The predicted octanol–water partition coefficient (Wildman–Crippen LogP) is 1.23. The van der Waals surface area contributed by atoms with Crippen LogP contribution in [0.15, 0.2) is 24.5 Å². The van der Waals surface area contributed by atoms with E-state index in [4.69, 9.17) is 9.72 Å². The van der Waals surface area contributed by atoms with Gasteiger partial charge in [-0.15, -0.1) is 0 Å². The molecule has 132 valence electrons. The van der Waals surface area contributed by atoms with E-state index in [1.165, 1.54) is 5.56 Å². The summed E-state index contributed by atoms with van der Waals surface area (Å²) in [5, 5.41) is 6.77. The Hall–Kier alpha value is -1.92. The highest BCUT2D eigenvalue weighted by Crippen LogP contribution is 2.49. The van der Waals surface area contributed by atoms with Gasteiger partial charge in [0.05, 0.1) is 11.7 Å². The third-order valence-corrected chi connectivity index (χ3v) is 6.31. The molecule has 2 saturated heterocycles. The molecule has 0 aromatic carbocycles. The fraction of sp³-hybridized carbons (Fsp3) is 0.579. The number of amides is 1. The summed E-state index contributed by atoms with van der Waals surface area (Å²) in [7, 11) is 0. The van der Waals surface area contributed by atoms with Crippen molar-refractivity contribution in [2.45, 2.75) is 25.3 Å². The zero-order valence-electron chi connectivity index (χ0n) is 14.5. The minimum atomic E-state index is -0.431. The van der Waals surface area contributed by atoms with Crippen LogP contribution in [-0.4, -0.2) is 41.6 Å². The van der Waals surface area contributed by atoms with E-state index in [1.54, 1.807) is 0 Å². The molecule has 25 heavy (non-hydrogen) atoms. The molecular weight excluding hydrogens is 316 g/mol. The van der Waals surface area contributed by atoms with Crippen molar-refractivity contribution in [3.8, 4) is 0 Å². The molecule has 2 aliphatic heterocycles. The average molecular weight is 340 g/mol. The highest BCUT2D eigenvalue weighted by atomic mass is 16.5. The molecule has 5 rings (SSSR count). The number of carbonyl (C=O) groups is 1. The van der Waals surface area contributed by atoms with Gasteiger partial charge < -0.3 is 19.8 Å². The molecule has 6 heteroatoms. The second-order valence-electron chi connectivity index (χ2n) is 7.72. The zero-order valence-corrected chi connectivity index (χ0v) is 14.5. The summed E-state index contributed by atoms with van der Waals surface area (Å²) in [6.07, 6.45) is 5.51. The van der Waals surface area contributed by atoms with E-state index < -0.39 is 5.54 Å². The lowest BCUT2D eigenvalue weighted by Gasteiger charge is -2.37. The molecular formula is C19H24N4O2. The summed E-state index contributed by atoms with van der Waals surface area (Å²) in [5.41, 5.74) is 1.86. The highest BCUT2D eigenvalue weighted by Gasteiger charge is 2.58. The molecule has 4 heterocycles. The Morgan fingerprint density at radius 2 is 2.12 bits per heavy atom. The molecule has 1 amide bonds. The quantitative estimate of drug-likeness (QED) is 0.882. The van der Waals surface area contributed by atoms with Gasteiger partial charge in [-0.2, -0.15) is 0 Å². The second kappa shape index (κ2) is 5.54. The summed E-state index contributed by atoms with van der Waals surface area (Å²) in [5.74, 6) is 2.36. The fourth-order valence-electron chi connectivity index (χ4n) is 4.77. The van der Waals surface area contributed by atoms with Gasteiger partial charge >= 0.3 is 0 Å². The third-order valence-electron chi connectivity index (χ3n) is 6.31. The number of hydrogen-bond acceptors (Lipinski definition) is 4. The van der Waals surface area contributed by atoms with Gasteiger partial charge in [0.15, 0.2) is 0 Å². The average Bonchev–Trinajstić information content (AvgIpc) is 2.98. The van der Waals surface area contributed by atoms with Crippen molar-refractivity contribution in [3.63, 3.8) is 0 Å². The van der Waals surface area contributed by atoms with Gasteiger partial charge in [-0.1, -0.05) is 6.07 Å². The van der Waals surface area contributed by atoms with Crippen LogP contribution < -0.4 is 10.6 Å². The van der Waals surface area contributed by atoms with Gasteiger partial charge in [0.2, 0.25) is 5.91 Å². The number of nitrogens with zero attached hydrogens (tertiary/aromatic N) is 2. The topological polar surface area (TPSA) is 67.7 Å². The molecule has 1 unspecified atom stereocenters. The standard InChI is InChI=1S/C19H24N4O2/c1-12-3-2-6-23-15(12)11-21-18(23)19(4-7-25-8-5-19)22-17(24)16-13-9-20-10-14(13)16/h2-3,6,11,13-14,16,20H,4-5,7-10H2,1H3,(H,22,24)/t13-,14+,16?. The Balaban J connectivity index is 1.50. The van der Waals surface area contributed by atoms with Gasteiger partial charge in [0.1, 0.15) is 11.4 Å². The number of fused-ring (bicyclic) bond motifs is 2. The number of piperidine rings is 1. The predicted molar refractivity (Wildman–Crippen MR) is 93.1 cm³/mol. The molecule has 3 fully saturated rings. The van der Waals surface area contributed by atoms with Gasteiger partial charge in [-0.3, -0.25) is 4.79 Å². The Labute approximate surface area is 147 Å². The normalized spacial score (nSPS) is 30.2. The molecule has 2 N–H and O–H groups in total. The smallest absolute Gasteiger partial charge is 0.224 e. The van der Waals surface area contributed by atoms with Crippen LogP contribution in [0.1, 0.15) is 24.2 Å². The third kappa shape index (κ3) is 2.31. The molecule has 1 aliphatic carbocycles. The first kappa shape index (κ1) is 15.3. The number of aryl methyl sites for hydroxylation is 1. The zero-order chi connectivity index (χ0) is 17.0. The monoisotopic (exact) mass is 340 g/mol. The largest absolute Gasteiger partial charge is 0.381 e. The Morgan fingerprint density at radius 1 is 1.36 bits per heavy atom. The van der Waals surface area contributed by atoms with Crippen molar-refractivity contribution in [2.75, 3.05) is 26.3 Å². The lowest BCUT2D eigenvalue weighted by molar-refractivity contribution is -0.126. The molecule has 6 nitrogen and oxygen atoms in total. The molecule has 0 radical (unpaired) electrons. The van der Waals surface area contributed by atoms with E-state index in [0.29, 0.717) is 25.0 Å². The van der Waals surface area contributed by atoms with E-state index in [0.717, 1.165) is 37.3 Å². The Morgan fingerprint density at radius 3 is 2.88 bits per heavy atom. The van der Waals surface area contributed by atoms with Crippen molar-refractivity contribution in [3.05, 3.63) is 35.9 Å². The van der Waals surface area contributed by atoms with E-state index in [9.17, 15) is 4.79 Å². The highest BCUT2D eigenvalue weighted by molar-refractivity contribution is 5.83. The summed E-state index contributed by atoms with van der Waals surface area (Å²) in [6, 6.07) is 4.13. The summed E-state index contributed by atoms with van der Waals surface area (Å²) in [6.45, 7) is 5.35. The minimum Gasteiger partial charge on any atom is -0.381 e. The Bertz CT molecular complexity index is 814. The SMILES string of the molecule is Cc1cccn2c(C3(NC(=O)C4[C@H]5CNC[C@@H]45)CCOCC3)ncc12. The van der Waals surface area contributed by atoms with Gasteiger partial charge in [-0.25, -0.2) is 4.98 Å². The van der Waals surface area contributed by atoms with E-state index in [2.05, 4.69) is 28.0 Å². The van der Waals surface area contributed by atoms with Crippen LogP contribution in [0.3, 0.4) is 0 Å². The van der Waals surface area contributed by atoms with Crippen molar-refractivity contribution in [1.82, 2.24) is 20.0 Å². The number of imidazole rings is 1. The number of ether oxygens (including phenoxy) is 1. The van der Waals surface area contributed by atoms with Crippen LogP contribution in [0, 0.1) is 24.7 Å². The van der Waals surface area contributed by atoms with Crippen molar-refractivity contribution in [1.29, 1.82) is 0 Å². The molecule has 1 saturated carbocycles. The van der Waals surface area contributed by atoms with Crippen LogP contribution in [-0.2, 0) is 15.1 Å². The second-order valence-corrected chi connectivity index (χ2v) is 7.72.